The standard InChI is InChI=1S/C8H8ClNO2.C7H6ClNO3/c1-6-2-3-8(10(11)12)7(4-6)5-9;8-6-1-2-7(9(11)12)5(3-6)4-10/h2-4H,5H2,1H3;1-3,10H,4H2. The second kappa shape index (κ2) is 9.17. The van der Waals surface area contributed by atoms with Gasteiger partial charge in [0.25, 0.3) is 11.4 Å². The lowest BCUT2D eigenvalue weighted by atomic mass is 10.1. The Bertz CT molecular complexity index is 689. The largest absolute Gasteiger partial charge is 0.391 e. The number of hydrogen-bond acceptors (Lipinski definition) is 5. The molecule has 0 aliphatic carbocycles. The molecule has 0 heterocycles. The van der Waals surface area contributed by atoms with Gasteiger partial charge in [-0.05, 0) is 25.1 Å². The van der Waals surface area contributed by atoms with E-state index in [-0.39, 0.29) is 29.4 Å². The van der Waals surface area contributed by atoms with Gasteiger partial charge in [-0.2, -0.15) is 0 Å². The Hall–Kier alpha value is -2.22. The van der Waals surface area contributed by atoms with Crippen molar-refractivity contribution in [1.82, 2.24) is 0 Å². The monoisotopic (exact) mass is 372 g/mol. The van der Waals surface area contributed by atoms with Gasteiger partial charge in [-0.3, -0.25) is 20.2 Å². The summed E-state index contributed by atoms with van der Waals surface area (Å²) in [4.78, 5) is 19.8. The molecule has 0 radical (unpaired) electrons. The summed E-state index contributed by atoms with van der Waals surface area (Å²) >= 11 is 11.1. The molecule has 0 spiro atoms. The fourth-order valence-electron chi connectivity index (χ4n) is 1.86. The smallest absolute Gasteiger partial charge is 0.275 e. The summed E-state index contributed by atoms with van der Waals surface area (Å²) in [5.41, 5.74) is 1.77. The highest BCUT2D eigenvalue weighted by Gasteiger charge is 2.12. The Morgan fingerprint density at radius 2 is 1.54 bits per heavy atom. The molecule has 128 valence electrons. The number of halogens is 2. The maximum absolute atomic E-state index is 10.4. The first kappa shape index (κ1) is 19.8. The molecule has 2 aromatic rings. The zero-order valence-corrected chi connectivity index (χ0v) is 14.1. The first-order valence-electron chi connectivity index (χ1n) is 6.63. The molecule has 0 amide bonds. The van der Waals surface area contributed by atoms with Gasteiger partial charge in [-0.1, -0.05) is 23.2 Å². The zero-order chi connectivity index (χ0) is 18.3. The number of aliphatic hydroxyl groups is 1. The SMILES string of the molecule is Cc1ccc([N+](=O)[O-])c(CCl)c1.O=[N+]([O-])c1ccc(Cl)cc1CO. The minimum Gasteiger partial charge on any atom is -0.391 e. The lowest BCUT2D eigenvalue weighted by Crippen LogP contribution is -1.94. The van der Waals surface area contributed by atoms with E-state index in [1.54, 1.807) is 12.1 Å². The van der Waals surface area contributed by atoms with Crippen molar-refractivity contribution in [3.05, 3.63) is 78.3 Å². The van der Waals surface area contributed by atoms with Crippen LogP contribution in [0.2, 0.25) is 5.02 Å². The van der Waals surface area contributed by atoms with E-state index in [1.165, 1.54) is 24.3 Å². The minimum atomic E-state index is -0.554. The van der Waals surface area contributed by atoms with Crippen LogP contribution < -0.4 is 0 Å². The van der Waals surface area contributed by atoms with E-state index in [4.69, 9.17) is 28.3 Å². The van der Waals surface area contributed by atoms with E-state index in [0.717, 1.165) is 5.56 Å². The van der Waals surface area contributed by atoms with Gasteiger partial charge < -0.3 is 5.11 Å². The van der Waals surface area contributed by atoms with Crippen LogP contribution >= 0.6 is 23.2 Å². The van der Waals surface area contributed by atoms with E-state index < -0.39 is 9.85 Å². The van der Waals surface area contributed by atoms with Crippen LogP contribution in [0.15, 0.2) is 36.4 Å². The zero-order valence-electron chi connectivity index (χ0n) is 12.6. The summed E-state index contributed by atoms with van der Waals surface area (Å²) in [7, 11) is 0. The number of benzene rings is 2. The number of aryl methyl sites for hydroxylation is 1. The maximum Gasteiger partial charge on any atom is 0.275 e. The van der Waals surface area contributed by atoms with Gasteiger partial charge in [0, 0.05) is 22.7 Å². The number of hydrogen-bond donors (Lipinski definition) is 1. The van der Waals surface area contributed by atoms with Crippen molar-refractivity contribution >= 4 is 34.6 Å². The van der Waals surface area contributed by atoms with Crippen molar-refractivity contribution in [2.45, 2.75) is 19.4 Å². The fraction of sp³-hybridized carbons (Fsp3) is 0.200. The second-order valence-electron chi connectivity index (χ2n) is 4.71. The van der Waals surface area contributed by atoms with Crippen LogP contribution in [-0.2, 0) is 12.5 Å². The van der Waals surface area contributed by atoms with Crippen molar-refractivity contribution in [2.75, 3.05) is 0 Å². The van der Waals surface area contributed by atoms with Crippen LogP contribution in [0.4, 0.5) is 11.4 Å². The number of nitro groups is 2. The molecule has 0 saturated carbocycles. The van der Waals surface area contributed by atoms with Gasteiger partial charge in [-0.15, -0.1) is 11.6 Å². The molecular formula is C15H14Cl2N2O5. The summed E-state index contributed by atoms with van der Waals surface area (Å²) in [6.45, 7) is 1.50. The van der Waals surface area contributed by atoms with Crippen molar-refractivity contribution in [3.8, 4) is 0 Å². The van der Waals surface area contributed by atoms with Crippen LogP contribution in [0.1, 0.15) is 16.7 Å². The summed E-state index contributed by atoms with van der Waals surface area (Å²) in [5, 5.41) is 29.9. The molecule has 0 fully saturated rings. The quantitative estimate of drug-likeness (QED) is 0.486. The predicted molar refractivity (Wildman–Crippen MR) is 91.4 cm³/mol. The highest BCUT2D eigenvalue weighted by Crippen LogP contribution is 2.22. The molecule has 0 atom stereocenters. The van der Waals surface area contributed by atoms with Gasteiger partial charge >= 0.3 is 0 Å². The lowest BCUT2D eigenvalue weighted by Gasteiger charge is -1.99. The van der Waals surface area contributed by atoms with Gasteiger partial charge in [0.05, 0.1) is 27.9 Å². The predicted octanol–water partition coefficient (Wildman–Crippen LogP) is 4.38. The first-order chi connectivity index (χ1) is 11.3. The molecular weight excluding hydrogens is 359 g/mol. The third-order valence-electron chi connectivity index (χ3n) is 2.98. The molecule has 1 N–H and O–H groups in total. The fourth-order valence-corrected chi connectivity index (χ4v) is 2.27. The van der Waals surface area contributed by atoms with Gasteiger partial charge in [0.15, 0.2) is 0 Å². The van der Waals surface area contributed by atoms with Crippen LogP contribution in [0, 0.1) is 27.2 Å². The highest BCUT2D eigenvalue weighted by atomic mass is 35.5. The third-order valence-corrected chi connectivity index (χ3v) is 3.51. The summed E-state index contributed by atoms with van der Waals surface area (Å²) in [5.74, 6) is 0.179. The summed E-state index contributed by atoms with van der Waals surface area (Å²) in [6.07, 6.45) is 0. The first-order valence-corrected chi connectivity index (χ1v) is 7.55. The van der Waals surface area contributed by atoms with E-state index in [0.29, 0.717) is 10.6 Å². The van der Waals surface area contributed by atoms with E-state index in [1.807, 2.05) is 6.92 Å². The molecule has 0 aliphatic rings. The van der Waals surface area contributed by atoms with Crippen molar-refractivity contribution < 1.29 is 15.0 Å². The Kier molecular flexibility index (Phi) is 7.57. The Morgan fingerprint density at radius 3 is 2.04 bits per heavy atom. The summed E-state index contributed by atoms with van der Waals surface area (Å²) < 4.78 is 0. The Morgan fingerprint density at radius 1 is 1.00 bits per heavy atom. The normalized spacial score (nSPS) is 9.83. The van der Waals surface area contributed by atoms with E-state index in [9.17, 15) is 20.2 Å². The maximum atomic E-state index is 10.4. The van der Waals surface area contributed by atoms with Gasteiger partial charge in [0.1, 0.15) is 0 Å². The summed E-state index contributed by atoms with van der Waals surface area (Å²) in [6, 6.07) is 8.97. The molecule has 7 nitrogen and oxygen atoms in total. The lowest BCUT2D eigenvalue weighted by molar-refractivity contribution is -0.385. The molecule has 0 aliphatic heterocycles. The van der Waals surface area contributed by atoms with Crippen molar-refractivity contribution in [3.63, 3.8) is 0 Å². The molecule has 2 rings (SSSR count). The topological polar surface area (TPSA) is 107 Å². The van der Waals surface area contributed by atoms with Crippen molar-refractivity contribution in [2.24, 2.45) is 0 Å². The van der Waals surface area contributed by atoms with Crippen LogP contribution in [0.25, 0.3) is 0 Å². The molecule has 24 heavy (non-hydrogen) atoms. The Labute approximate surface area is 147 Å². The van der Waals surface area contributed by atoms with E-state index in [2.05, 4.69) is 0 Å². The second-order valence-corrected chi connectivity index (χ2v) is 5.41. The molecule has 0 aromatic heterocycles. The van der Waals surface area contributed by atoms with Gasteiger partial charge in [0.2, 0.25) is 0 Å². The molecule has 0 bridgehead atoms. The Balaban J connectivity index is 0.000000240. The van der Waals surface area contributed by atoms with Crippen LogP contribution in [0.5, 0.6) is 0 Å². The van der Waals surface area contributed by atoms with Gasteiger partial charge in [-0.25, -0.2) is 0 Å². The van der Waals surface area contributed by atoms with E-state index >= 15 is 0 Å². The van der Waals surface area contributed by atoms with Crippen LogP contribution in [-0.4, -0.2) is 15.0 Å². The number of nitrogens with zero attached hydrogens (tertiary/aromatic N) is 2. The third kappa shape index (κ3) is 5.45. The molecule has 9 heteroatoms. The number of nitro benzene ring substituents is 2. The average Bonchev–Trinajstić information content (AvgIpc) is 2.54. The molecule has 2 aromatic carbocycles. The molecule has 0 saturated heterocycles. The number of rotatable bonds is 4. The molecule has 0 unspecified atom stereocenters. The number of aliphatic hydroxyl groups excluding tert-OH is 1. The van der Waals surface area contributed by atoms with Crippen LogP contribution in [0.3, 0.4) is 0 Å². The highest BCUT2D eigenvalue weighted by molar-refractivity contribution is 6.30. The van der Waals surface area contributed by atoms with Crippen molar-refractivity contribution in [1.29, 1.82) is 0 Å². The average molecular weight is 373 g/mol. The minimum absolute atomic E-state index is 0.0931. The number of alkyl halides is 1.